The molecule has 1 atom stereocenters. The van der Waals surface area contributed by atoms with Gasteiger partial charge in [0.25, 0.3) is 0 Å². The Balaban J connectivity index is 0. The molecule has 0 nitrogen and oxygen atoms in total. The zero-order valence-corrected chi connectivity index (χ0v) is 12.6. The summed E-state index contributed by atoms with van der Waals surface area (Å²) < 4.78 is 59.2. The fourth-order valence-corrected chi connectivity index (χ4v) is 2.68. The Morgan fingerprint density at radius 2 is 1.18 bits per heavy atom. The van der Waals surface area contributed by atoms with Gasteiger partial charge in [-0.05, 0) is 27.3 Å². The van der Waals surface area contributed by atoms with Crippen LogP contribution in [0, 0.1) is 5.92 Å². The topological polar surface area (TPSA) is 0 Å². The van der Waals surface area contributed by atoms with Crippen molar-refractivity contribution in [1.29, 1.82) is 0 Å². The summed E-state index contributed by atoms with van der Waals surface area (Å²) in [7, 11) is -9.92. The molecule has 0 heterocycles. The molecule has 0 aromatic carbocycles. The standard InChI is InChI=1S/C9H21P.F6P/c1-5-9(6-2)10-7-8(3)4;1-7(2,3,4,5)6/h8-10H,5-7H2,1-4H3;/q;-1/p+1. The maximum atomic E-state index is 9.87. The summed E-state index contributed by atoms with van der Waals surface area (Å²) in [6.45, 7) is 9.30. The van der Waals surface area contributed by atoms with Crippen molar-refractivity contribution in [3.8, 4) is 0 Å². The van der Waals surface area contributed by atoms with Gasteiger partial charge in [-0.1, -0.05) is 27.7 Å². The van der Waals surface area contributed by atoms with Gasteiger partial charge in [-0.3, -0.25) is 0 Å². The predicted molar refractivity (Wildman–Crippen MR) is 67.4 cm³/mol. The van der Waals surface area contributed by atoms with Gasteiger partial charge in [0.2, 0.25) is 0 Å². The van der Waals surface area contributed by atoms with Crippen molar-refractivity contribution in [3.63, 3.8) is 0 Å². The van der Waals surface area contributed by atoms with Crippen LogP contribution in [0.3, 0.4) is 0 Å². The van der Waals surface area contributed by atoms with Crippen molar-refractivity contribution in [1.82, 2.24) is 0 Å². The Bertz CT molecular complexity index is 191. The van der Waals surface area contributed by atoms with Gasteiger partial charge in [-0.15, -0.1) is 0 Å². The Kier molecular flexibility index (Phi) is 7.04. The number of hydrogen-bond acceptors (Lipinski definition) is 0. The van der Waals surface area contributed by atoms with Gasteiger partial charge in [0, 0.05) is 0 Å². The summed E-state index contributed by atoms with van der Waals surface area (Å²) in [5, 5.41) is 0. The molecule has 0 saturated carbocycles. The molecule has 0 rings (SSSR count). The SMILES string of the molecule is CCC(CC)[PH2+]CC(C)C.F[P-](F)(F)(F)(F)F. The summed E-state index contributed by atoms with van der Waals surface area (Å²) >= 11 is 0. The molecule has 0 bridgehead atoms. The molecule has 0 aliphatic rings. The van der Waals surface area contributed by atoms with E-state index in [1.807, 2.05) is 0 Å². The van der Waals surface area contributed by atoms with Crippen LogP contribution in [-0.4, -0.2) is 11.8 Å². The van der Waals surface area contributed by atoms with E-state index < -0.39 is 7.81 Å². The summed E-state index contributed by atoms with van der Waals surface area (Å²) in [5.41, 5.74) is 1.07. The maximum absolute atomic E-state index is 10.7. The van der Waals surface area contributed by atoms with Gasteiger partial charge >= 0.3 is 33.0 Å². The first kappa shape index (κ1) is 19.8. The molecule has 0 spiro atoms. The molecule has 0 fully saturated rings. The summed E-state index contributed by atoms with van der Waals surface area (Å²) in [6.07, 6.45) is 4.30. The van der Waals surface area contributed by atoms with E-state index in [4.69, 9.17) is 0 Å². The third-order valence-electron chi connectivity index (χ3n) is 1.99. The Morgan fingerprint density at radius 1 is 0.882 bits per heavy atom. The van der Waals surface area contributed by atoms with Crippen LogP contribution in [0.15, 0.2) is 0 Å². The minimum atomic E-state index is -10.7. The Labute approximate surface area is 101 Å². The molecule has 8 heteroatoms. The first-order valence-corrected chi connectivity index (χ1v) is 9.06. The molecule has 0 aromatic rings. The molecule has 0 radical (unpaired) electrons. The molecule has 0 saturated heterocycles. The van der Waals surface area contributed by atoms with E-state index in [0.29, 0.717) is 0 Å². The van der Waals surface area contributed by atoms with E-state index >= 15 is 0 Å². The van der Waals surface area contributed by atoms with Crippen LogP contribution in [-0.2, 0) is 0 Å². The number of hydrogen-bond donors (Lipinski definition) is 0. The molecule has 0 aliphatic carbocycles. The van der Waals surface area contributed by atoms with Crippen LogP contribution in [0.2, 0.25) is 0 Å². The summed E-state index contributed by atoms with van der Waals surface area (Å²) in [4.78, 5) is 0. The fourth-order valence-electron chi connectivity index (χ4n) is 1.09. The predicted octanol–water partition coefficient (Wildman–Crippen LogP) is 6.62. The zero-order valence-electron chi connectivity index (χ0n) is 10.6. The second kappa shape index (κ2) is 6.06. The Hall–Kier alpha value is 0.440. The average Bonchev–Trinajstić information content (AvgIpc) is 2.00. The third kappa shape index (κ3) is 38.5. The van der Waals surface area contributed by atoms with E-state index in [2.05, 4.69) is 27.7 Å². The van der Waals surface area contributed by atoms with Gasteiger partial charge in [-0.25, -0.2) is 0 Å². The second-order valence-corrected chi connectivity index (χ2v) is 8.20. The summed E-state index contributed by atoms with van der Waals surface area (Å²) in [6, 6.07) is 0. The van der Waals surface area contributed by atoms with Gasteiger partial charge in [0.15, 0.2) is 0 Å². The quantitative estimate of drug-likeness (QED) is 0.395. The van der Waals surface area contributed by atoms with Gasteiger partial charge < -0.3 is 0 Å². The minimum absolute atomic E-state index is 0.741. The normalized spacial score (nSPS) is 16.9. The average molecular weight is 306 g/mol. The van der Waals surface area contributed by atoms with E-state index in [0.717, 1.165) is 20.2 Å². The van der Waals surface area contributed by atoms with Crippen molar-refractivity contribution in [2.24, 2.45) is 5.92 Å². The monoisotopic (exact) mass is 306 g/mol. The zero-order chi connectivity index (χ0) is 14.4. The molecule has 0 amide bonds. The van der Waals surface area contributed by atoms with Crippen molar-refractivity contribution in [3.05, 3.63) is 0 Å². The molecular formula is C9H22F6P2. The number of rotatable bonds is 5. The first-order chi connectivity index (χ1) is 7.15. The molecular weight excluding hydrogens is 284 g/mol. The van der Waals surface area contributed by atoms with E-state index in [1.54, 1.807) is 0 Å². The van der Waals surface area contributed by atoms with Crippen LogP contribution in [0.25, 0.3) is 0 Å². The summed E-state index contributed by atoms with van der Waals surface area (Å²) in [5.74, 6) is 0.926. The van der Waals surface area contributed by atoms with Crippen molar-refractivity contribution >= 4 is 16.4 Å². The van der Waals surface area contributed by atoms with Gasteiger partial charge in [0.05, 0.1) is 11.8 Å². The van der Waals surface area contributed by atoms with Crippen LogP contribution in [0.4, 0.5) is 25.2 Å². The first-order valence-electron chi connectivity index (χ1n) is 5.55. The molecule has 0 aliphatic heterocycles. The van der Waals surface area contributed by atoms with Crippen LogP contribution < -0.4 is 0 Å². The Morgan fingerprint density at radius 3 is 1.35 bits per heavy atom. The molecule has 17 heavy (non-hydrogen) atoms. The van der Waals surface area contributed by atoms with Gasteiger partial charge in [0.1, 0.15) is 0 Å². The van der Waals surface area contributed by atoms with E-state index in [-0.39, 0.29) is 0 Å². The molecule has 0 N–H and O–H groups in total. The van der Waals surface area contributed by atoms with Crippen molar-refractivity contribution < 1.29 is 25.2 Å². The number of halogens is 6. The third-order valence-corrected chi connectivity index (χ3v) is 4.81. The molecule has 110 valence electrons. The van der Waals surface area contributed by atoms with E-state index in [1.165, 1.54) is 19.0 Å². The van der Waals surface area contributed by atoms with Crippen LogP contribution >= 0.6 is 16.4 Å². The fraction of sp³-hybridized carbons (Fsp3) is 1.00. The van der Waals surface area contributed by atoms with Crippen molar-refractivity contribution in [2.75, 3.05) is 6.16 Å². The van der Waals surface area contributed by atoms with Gasteiger partial charge in [-0.2, -0.15) is 0 Å². The second-order valence-electron chi connectivity index (χ2n) is 4.40. The van der Waals surface area contributed by atoms with Crippen LogP contribution in [0.5, 0.6) is 0 Å². The van der Waals surface area contributed by atoms with Crippen molar-refractivity contribution in [2.45, 2.75) is 46.2 Å². The molecule has 0 aromatic heterocycles. The molecule has 1 unspecified atom stereocenters. The van der Waals surface area contributed by atoms with E-state index in [9.17, 15) is 25.2 Å². The van der Waals surface area contributed by atoms with Crippen LogP contribution in [0.1, 0.15) is 40.5 Å².